The first-order chi connectivity index (χ1) is 9.55. The van der Waals surface area contributed by atoms with Gasteiger partial charge in [0.25, 0.3) is 10.2 Å². The Hall–Kier alpha value is -1.18. The third kappa shape index (κ3) is 4.66. The molecule has 0 radical (unpaired) electrons. The quantitative estimate of drug-likeness (QED) is 0.754. The first-order valence-corrected chi connectivity index (χ1v) is 7.99. The van der Waals surface area contributed by atoms with E-state index in [1.165, 1.54) is 0 Å². The Morgan fingerprint density at radius 3 is 2.43 bits per heavy atom. The molecule has 0 amide bonds. The number of nitrogens with one attached hydrogen (secondary N) is 2. The molecular weight excluding hydrogens is 310 g/mol. The summed E-state index contributed by atoms with van der Waals surface area (Å²) in [4.78, 5) is 0. The van der Waals surface area contributed by atoms with Gasteiger partial charge in [0.1, 0.15) is 0 Å². The molecule has 21 heavy (non-hydrogen) atoms. The van der Waals surface area contributed by atoms with Crippen LogP contribution in [0.25, 0.3) is 10.8 Å². The summed E-state index contributed by atoms with van der Waals surface area (Å²) in [7, 11) is -3.52. The Kier molecular flexibility index (Phi) is 6.57. The molecule has 2 rings (SSSR count). The third-order valence-corrected chi connectivity index (χ3v) is 4.31. The number of halogens is 1. The Labute approximate surface area is 131 Å². The van der Waals surface area contributed by atoms with E-state index in [4.69, 9.17) is 5.73 Å². The lowest BCUT2D eigenvalue weighted by Crippen LogP contribution is -2.41. The zero-order valence-electron chi connectivity index (χ0n) is 11.7. The molecule has 2 aromatic carbocycles. The van der Waals surface area contributed by atoms with Crippen molar-refractivity contribution in [2.24, 2.45) is 5.73 Å². The zero-order chi connectivity index (χ0) is 14.6. The number of nitrogens with two attached hydrogens (primary N) is 1. The van der Waals surface area contributed by atoms with Crippen LogP contribution in [0.2, 0.25) is 0 Å². The number of rotatable bonds is 6. The van der Waals surface area contributed by atoms with E-state index in [2.05, 4.69) is 9.44 Å². The summed E-state index contributed by atoms with van der Waals surface area (Å²) in [6.45, 7) is 2.26. The number of fused-ring (bicyclic) bond motifs is 1. The monoisotopic (exact) mass is 329 g/mol. The van der Waals surface area contributed by atoms with E-state index in [9.17, 15) is 8.42 Å². The van der Waals surface area contributed by atoms with Crippen LogP contribution in [-0.2, 0) is 10.2 Å². The van der Waals surface area contributed by atoms with Crippen LogP contribution in [0.4, 0.5) is 0 Å². The normalized spacial score (nSPS) is 12.9. The van der Waals surface area contributed by atoms with E-state index in [-0.39, 0.29) is 19.0 Å². The largest absolute Gasteiger partial charge is 0.329 e. The van der Waals surface area contributed by atoms with Crippen LogP contribution in [0.1, 0.15) is 18.5 Å². The fourth-order valence-corrected chi connectivity index (χ4v) is 3.17. The molecule has 0 fully saturated rings. The van der Waals surface area contributed by atoms with Gasteiger partial charge in [-0.05, 0) is 22.4 Å². The molecule has 0 aliphatic carbocycles. The SMILES string of the molecule is CCNS(=O)(=O)NC(CN)c1ccc2ccccc2c1.Cl. The summed E-state index contributed by atoms with van der Waals surface area (Å²) in [5.74, 6) is 0. The molecular formula is C14H20ClN3O2S. The summed E-state index contributed by atoms with van der Waals surface area (Å²) in [5, 5.41) is 2.17. The van der Waals surface area contributed by atoms with Crippen molar-refractivity contribution in [3.05, 3.63) is 48.0 Å². The molecule has 0 spiro atoms. The van der Waals surface area contributed by atoms with Crippen LogP contribution in [-0.4, -0.2) is 21.5 Å². The van der Waals surface area contributed by atoms with Gasteiger partial charge in [0, 0.05) is 13.1 Å². The second kappa shape index (κ2) is 7.72. The van der Waals surface area contributed by atoms with Crippen molar-refractivity contribution in [1.82, 2.24) is 9.44 Å². The molecule has 116 valence electrons. The first-order valence-electron chi connectivity index (χ1n) is 6.51. The standard InChI is InChI=1S/C14H19N3O2S.ClH/c1-2-16-20(18,19)17-14(10-15)13-8-7-11-5-3-4-6-12(11)9-13;/h3-9,14,16-17H,2,10,15H2,1H3;1H. The highest BCUT2D eigenvalue weighted by molar-refractivity contribution is 7.87. The van der Waals surface area contributed by atoms with Crippen molar-refractivity contribution < 1.29 is 8.42 Å². The highest BCUT2D eigenvalue weighted by Gasteiger charge is 2.17. The molecule has 0 saturated heterocycles. The fraction of sp³-hybridized carbons (Fsp3) is 0.286. The van der Waals surface area contributed by atoms with Crippen LogP contribution in [0, 0.1) is 0 Å². The molecule has 1 unspecified atom stereocenters. The second-order valence-corrected chi connectivity index (χ2v) is 6.05. The van der Waals surface area contributed by atoms with E-state index in [1.54, 1.807) is 6.92 Å². The van der Waals surface area contributed by atoms with Gasteiger partial charge in [-0.2, -0.15) is 13.1 Å². The molecule has 7 heteroatoms. The Balaban J connectivity index is 0.00000220. The second-order valence-electron chi connectivity index (χ2n) is 4.51. The minimum absolute atomic E-state index is 0. The molecule has 0 heterocycles. The van der Waals surface area contributed by atoms with Gasteiger partial charge in [-0.3, -0.25) is 0 Å². The van der Waals surface area contributed by atoms with Gasteiger partial charge in [0.05, 0.1) is 6.04 Å². The number of hydrogen-bond acceptors (Lipinski definition) is 3. The van der Waals surface area contributed by atoms with E-state index in [0.717, 1.165) is 16.3 Å². The molecule has 0 saturated carbocycles. The molecule has 2 aromatic rings. The molecule has 5 nitrogen and oxygen atoms in total. The van der Waals surface area contributed by atoms with Gasteiger partial charge in [-0.1, -0.05) is 43.3 Å². The molecule has 0 aliphatic rings. The maximum absolute atomic E-state index is 11.8. The predicted molar refractivity (Wildman–Crippen MR) is 88.7 cm³/mol. The Morgan fingerprint density at radius 2 is 1.81 bits per heavy atom. The van der Waals surface area contributed by atoms with Crippen LogP contribution < -0.4 is 15.2 Å². The van der Waals surface area contributed by atoms with Gasteiger partial charge in [0.15, 0.2) is 0 Å². The highest BCUT2D eigenvalue weighted by Crippen LogP contribution is 2.20. The number of hydrogen-bond donors (Lipinski definition) is 3. The first kappa shape index (κ1) is 17.9. The summed E-state index contributed by atoms with van der Waals surface area (Å²) in [6.07, 6.45) is 0. The predicted octanol–water partition coefficient (Wildman–Crippen LogP) is 1.71. The minimum Gasteiger partial charge on any atom is -0.329 e. The highest BCUT2D eigenvalue weighted by atomic mass is 35.5. The Bertz CT molecular complexity index is 691. The van der Waals surface area contributed by atoms with Crippen molar-refractivity contribution in [3.63, 3.8) is 0 Å². The van der Waals surface area contributed by atoms with E-state index < -0.39 is 16.3 Å². The maximum atomic E-state index is 11.8. The average Bonchev–Trinajstić information content (AvgIpc) is 2.44. The van der Waals surface area contributed by atoms with Gasteiger partial charge in [0.2, 0.25) is 0 Å². The van der Waals surface area contributed by atoms with Crippen LogP contribution in [0.15, 0.2) is 42.5 Å². The smallest absolute Gasteiger partial charge is 0.277 e. The van der Waals surface area contributed by atoms with Crippen molar-refractivity contribution >= 4 is 33.4 Å². The molecule has 1 atom stereocenters. The van der Waals surface area contributed by atoms with Crippen molar-refractivity contribution in [2.45, 2.75) is 13.0 Å². The molecule has 0 aliphatic heterocycles. The van der Waals surface area contributed by atoms with E-state index in [0.29, 0.717) is 6.54 Å². The fourth-order valence-electron chi connectivity index (χ4n) is 2.10. The number of benzene rings is 2. The zero-order valence-corrected chi connectivity index (χ0v) is 13.4. The third-order valence-electron chi connectivity index (χ3n) is 3.04. The maximum Gasteiger partial charge on any atom is 0.277 e. The van der Waals surface area contributed by atoms with Crippen molar-refractivity contribution in [3.8, 4) is 0 Å². The molecule has 0 bridgehead atoms. The lowest BCUT2D eigenvalue weighted by atomic mass is 10.0. The van der Waals surface area contributed by atoms with Gasteiger partial charge in [-0.25, -0.2) is 4.72 Å². The average molecular weight is 330 g/mol. The summed E-state index contributed by atoms with van der Waals surface area (Å²) in [5.41, 5.74) is 6.55. The van der Waals surface area contributed by atoms with Gasteiger partial charge >= 0.3 is 0 Å². The van der Waals surface area contributed by atoms with Crippen LogP contribution >= 0.6 is 12.4 Å². The van der Waals surface area contributed by atoms with Crippen LogP contribution in [0.5, 0.6) is 0 Å². The lowest BCUT2D eigenvalue weighted by Gasteiger charge is -2.18. The van der Waals surface area contributed by atoms with E-state index >= 15 is 0 Å². The van der Waals surface area contributed by atoms with E-state index in [1.807, 2.05) is 42.5 Å². The molecule has 0 aromatic heterocycles. The van der Waals surface area contributed by atoms with Crippen molar-refractivity contribution in [2.75, 3.05) is 13.1 Å². The summed E-state index contributed by atoms with van der Waals surface area (Å²) in [6, 6.07) is 13.3. The Morgan fingerprint density at radius 1 is 1.14 bits per heavy atom. The minimum atomic E-state index is -3.52. The van der Waals surface area contributed by atoms with Gasteiger partial charge < -0.3 is 5.73 Å². The van der Waals surface area contributed by atoms with Gasteiger partial charge in [-0.15, -0.1) is 12.4 Å². The van der Waals surface area contributed by atoms with Crippen LogP contribution in [0.3, 0.4) is 0 Å². The topological polar surface area (TPSA) is 84.2 Å². The van der Waals surface area contributed by atoms with Crippen molar-refractivity contribution in [1.29, 1.82) is 0 Å². The molecule has 4 N–H and O–H groups in total. The summed E-state index contributed by atoms with van der Waals surface area (Å²) < 4.78 is 28.5. The lowest BCUT2D eigenvalue weighted by molar-refractivity contribution is 0.546. The summed E-state index contributed by atoms with van der Waals surface area (Å²) >= 11 is 0.